The van der Waals surface area contributed by atoms with Crippen molar-refractivity contribution in [3.63, 3.8) is 0 Å². The van der Waals surface area contributed by atoms with Gasteiger partial charge in [-0.2, -0.15) is 0 Å². The summed E-state index contributed by atoms with van der Waals surface area (Å²) >= 11 is 0. The highest BCUT2D eigenvalue weighted by atomic mass is 19.1. The Balaban J connectivity index is 1.65. The second-order valence-electron chi connectivity index (χ2n) is 7.47. The first-order valence-electron chi connectivity index (χ1n) is 9.43. The lowest BCUT2D eigenvalue weighted by Crippen LogP contribution is -2.14. The first kappa shape index (κ1) is 20.5. The van der Waals surface area contributed by atoms with Gasteiger partial charge in [-0.05, 0) is 65.9 Å². The van der Waals surface area contributed by atoms with Crippen LogP contribution < -0.4 is 10.1 Å². The molecule has 0 saturated heterocycles. The number of carbonyl (C=O) groups excluding carboxylic acids is 1. The topological polar surface area (TPSA) is 38.3 Å². The van der Waals surface area contributed by atoms with Crippen LogP contribution in [-0.4, -0.2) is 5.91 Å². The van der Waals surface area contributed by atoms with Crippen LogP contribution in [0.3, 0.4) is 0 Å². The zero-order valence-corrected chi connectivity index (χ0v) is 16.6. The fraction of sp³-hybridized carbons (Fsp3) is 0.208. The summed E-state index contributed by atoms with van der Waals surface area (Å²) in [7, 11) is 0. The predicted octanol–water partition coefficient (Wildman–Crippen LogP) is 6.70. The molecule has 1 N–H and O–H groups in total. The highest BCUT2D eigenvalue weighted by Crippen LogP contribution is 2.30. The van der Waals surface area contributed by atoms with Crippen LogP contribution in [0.5, 0.6) is 11.5 Å². The Morgan fingerprint density at radius 2 is 1.52 bits per heavy atom. The van der Waals surface area contributed by atoms with Gasteiger partial charge in [0.25, 0.3) is 5.91 Å². The van der Waals surface area contributed by atoms with E-state index >= 15 is 0 Å². The molecule has 0 aliphatic rings. The van der Waals surface area contributed by atoms with Crippen molar-refractivity contribution in [2.75, 3.05) is 5.32 Å². The van der Waals surface area contributed by atoms with Gasteiger partial charge in [0, 0.05) is 11.8 Å². The van der Waals surface area contributed by atoms with Crippen molar-refractivity contribution in [3.8, 4) is 11.5 Å². The Labute approximate surface area is 169 Å². The summed E-state index contributed by atoms with van der Waals surface area (Å²) in [5, 5.41) is 2.58. The van der Waals surface area contributed by atoms with E-state index in [0.717, 1.165) is 18.6 Å². The van der Waals surface area contributed by atoms with E-state index in [1.165, 1.54) is 5.56 Å². The molecule has 5 heteroatoms. The fourth-order valence-electron chi connectivity index (χ4n) is 2.79. The predicted molar refractivity (Wildman–Crippen MR) is 111 cm³/mol. The third kappa shape index (κ3) is 4.99. The highest BCUT2D eigenvalue weighted by molar-refractivity contribution is 6.04. The number of amides is 1. The SMILES string of the molecule is CCC(C)(C)c1ccc(Oc2ccc(NC(=O)c3ccc(F)cc3F)cc2)cc1. The van der Waals surface area contributed by atoms with Crippen LogP contribution in [0.25, 0.3) is 0 Å². The van der Waals surface area contributed by atoms with Gasteiger partial charge in [-0.1, -0.05) is 32.9 Å². The number of carbonyl (C=O) groups is 1. The molecule has 0 heterocycles. The zero-order chi connectivity index (χ0) is 21.0. The molecule has 0 radical (unpaired) electrons. The molecule has 0 aliphatic heterocycles. The number of hydrogen-bond acceptors (Lipinski definition) is 2. The first-order valence-corrected chi connectivity index (χ1v) is 9.43. The molecular formula is C24H23F2NO2. The van der Waals surface area contributed by atoms with Crippen LogP contribution in [0.2, 0.25) is 0 Å². The number of benzene rings is 3. The molecule has 0 aromatic heterocycles. The third-order valence-corrected chi connectivity index (χ3v) is 5.04. The van der Waals surface area contributed by atoms with Gasteiger partial charge in [0.1, 0.15) is 23.1 Å². The molecule has 29 heavy (non-hydrogen) atoms. The Bertz CT molecular complexity index is 996. The van der Waals surface area contributed by atoms with Crippen molar-refractivity contribution in [2.45, 2.75) is 32.6 Å². The van der Waals surface area contributed by atoms with Gasteiger partial charge in [-0.15, -0.1) is 0 Å². The van der Waals surface area contributed by atoms with Gasteiger partial charge in [-0.25, -0.2) is 8.78 Å². The van der Waals surface area contributed by atoms with Crippen LogP contribution in [0.4, 0.5) is 14.5 Å². The molecule has 0 unspecified atom stereocenters. The molecule has 0 bridgehead atoms. The molecule has 3 aromatic carbocycles. The summed E-state index contributed by atoms with van der Waals surface area (Å²) in [4.78, 5) is 12.2. The summed E-state index contributed by atoms with van der Waals surface area (Å²) in [6, 6.07) is 17.5. The van der Waals surface area contributed by atoms with Gasteiger partial charge >= 0.3 is 0 Å². The van der Waals surface area contributed by atoms with Crippen LogP contribution in [0.1, 0.15) is 43.1 Å². The quantitative estimate of drug-likeness (QED) is 0.504. The van der Waals surface area contributed by atoms with Crippen molar-refractivity contribution < 1.29 is 18.3 Å². The second kappa shape index (κ2) is 8.43. The summed E-state index contributed by atoms with van der Waals surface area (Å²) in [5.41, 5.74) is 1.62. The Kier molecular flexibility index (Phi) is 5.97. The standard InChI is InChI=1S/C24H23F2NO2/c1-4-24(2,3)16-5-10-19(11-6-16)29-20-12-8-18(9-13-20)27-23(28)21-14-7-17(25)15-22(21)26/h5-15H,4H2,1-3H3,(H,27,28). The van der Waals surface area contributed by atoms with Crippen molar-refractivity contribution in [1.29, 1.82) is 0 Å². The lowest BCUT2D eigenvalue weighted by atomic mass is 9.82. The number of nitrogens with one attached hydrogen (secondary N) is 1. The van der Waals surface area contributed by atoms with Crippen molar-refractivity contribution >= 4 is 11.6 Å². The molecule has 1 amide bonds. The van der Waals surface area contributed by atoms with Crippen LogP contribution in [0.15, 0.2) is 66.7 Å². The maximum atomic E-state index is 13.7. The number of anilines is 1. The van der Waals surface area contributed by atoms with E-state index in [9.17, 15) is 13.6 Å². The van der Waals surface area contributed by atoms with Gasteiger partial charge in [0.2, 0.25) is 0 Å². The summed E-state index contributed by atoms with van der Waals surface area (Å²) in [6.07, 6.45) is 1.04. The smallest absolute Gasteiger partial charge is 0.258 e. The Morgan fingerprint density at radius 3 is 2.07 bits per heavy atom. The molecule has 0 saturated carbocycles. The number of rotatable bonds is 6. The van der Waals surface area contributed by atoms with E-state index in [0.29, 0.717) is 23.3 Å². The first-order chi connectivity index (χ1) is 13.8. The number of halogens is 2. The minimum absolute atomic E-state index is 0.113. The van der Waals surface area contributed by atoms with Crippen molar-refractivity contribution in [3.05, 3.63) is 89.5 Å². The van der Waals surface area contributed by atoms with Gasteiger partial charge in [0.15, 0.2) is 0 Å². The Morgan fingerprint density at radius 1 is 0.931 bits per heavy atom. The largest absolute Gasteiger partial charge is 0.457 e. The molecule has 150 valence electrons. The monoisotopic (exact) mass is 395 g/mol. The summed E-state index contributed by atoms with van der Waals surface area (Å²) in [5.74, 6) is -0.960. The van der Waals surface area contributed by atoms with Gasteiger partial charge in [0.05, 0.1) is 5.56 Å². The average Bonchev–Trinajstić information content (AvgIpc) is 2.70. The molecule has 0 fully saturated rings. The van der Waals surface area contributed by atoms with E-state index in [1.807, 2.05) is 12.1 Å². The van der Waals surface area contributed by atoms with E-state index in [-0.39, 0.29) is 11.0 Å². The van der Waals surface area contributed by atoms with Crippen molar-refractivity contribution in [1.82, 2.24) is 0 Å². The molecule has 3 nitrogen and oxygen atoms in total. The summed E-state index contributed by atoms with van der Waals surface area (Å²) < 4.78 is 32.5. The van der Waals surface area contributed by atoms with Crippen LogP contribution in [0, 0.1) is 11.6 Å². The lowest BCUT2D eigenvalue weighted by Gasteiger charge is -2.23. The van der Waals surface area contributed by atoms with Crippen LogP contribution >= 0.6 is 0 Å². The molecule has 0 aliphatic carbocycles. The van der Waals surface area contributed by atoms with E-state index in [2.05, 4.69) is 38.2 Å². The zero-order valence-electron chi connectivity index (χ0n) is 16.6. The van der Waals surface area contributed by atoms with Crippen molar-refractivity contribution in [2.24, 2.45) is 0 Å². The highest BCUT2D eigenvalue weighted by Gasteiger charge is 2.17. The van der Waals surface area contributed by atoms with E-state index in [1.54, 1.807) is 24.3 Å². The normalized spacial score (nSPS) is 11.2. The molecule has 3 rings (SSSR count). The molecular weight excluding hydrogens is 372 g/mol. The minimum Gasteiger partial charge on any atom is -0.457 e. The summed E-state index contributed by atoms with van der Waals surface area (Å²) in [6.45, 7) is 6.57. The fourth-order valence-corrected chi connectivity index (χ4v) is 2.79. The number of hydrogen-bond donors (Lipinski definition) is 1. The van der Waals surface area contributed by atoms with Gasteiger partial charge < -0.3 is 10.1 Å². The molecule has 3 aromatic rings. The average molecular weight is 395 g/mol. The van der Waals surface area contributed by atoms with Crippen LogP contribution in [-0.2, 0) is 5.41 Å². The molecule has 0 spiro atoms. The second-order valence-corrected chi connectivity index (χ2v) is 7.47. The van der Waals surface area contributed by atoms with E-state index in [4.69, 9.17) is 4.74 Å². The van der Waals surface area contributed by atoms with Gasteiger partial charge in [-0.3, -0.25) is 4.79 Å². The maximum absolute atomic E-state index is 13.7. The Hall–Kier alpha value is -3.21. The third-order valence-electron chi connectivity index (χ3n) is 5.04. The molecule has 0 atom stereocenters. The van der Waals surface area contributed by atoms with E-state index < -0.39 is 17.5 Å². The number of ether oxygens (including phenoxy) is 1. The lowest BCUT2D eigenvalue weighted by molar-refractivity contribution is 0.102. The minimum atomic E-state index is -0.905. The maximum Gasteiger partial charge on any atom is 0.258 e.